The summed E-state index contributed by atoms with van der Waals surface area (Å²) in [5.74, 6) is 0.323. The maximum atomic E-state index is 11.7. The second kappa shape index (κ2) is 4.98. The molecule has 0 saturated heterocycles. The summed E-state index contributed by atoms with van der Waals surface area (Å²) in [5.41, 5.74) is 0.715. The Bertz CT molecular complexity index is 443. The molecule has 98 valence electrons. The van der Waals surface area contributed by atoms with Crippen LogP contribution < -0.4 is 10.1 Å². The van der Waals surface area contributed by atoms with Crippen molar-refractivity contribution in [2.24, 2.45) is 5.92 Å². The van der Waals surface area contributed by atoms with Gasteiger partial charge in [-0.2, -0.15) is 0 Å². The highest BCUT2D eigenvalue weighted by atomic mass is 35.5. The molecule has 1 unspecified atom stereocenters. The highest BCUT2D eigenvalue weighted by molar-refractivity contribution is 6.52. The van der Waals surface area contributed by atoms with Crippen molar-refractivity contribution in [3.8, 4) is 5.75 Å². The molecule has 3 nitrogen and oxygen atoms in total. The molecule has 1 aromatic rings. The van der Waals surface area contributed by atoms with E-state index in [0.717, 1.165) is 5.75 Å². The summed E-state index contributed by atoms with van der Waals surface area (Å²) in [6.07, 6.45) is 0.640. The van der Waals surface area contributed by atoms with Gasteiger partial charge in [-0.05, 0) is 44.5 Å². The molecule has 1 aliphatic rings. The van der Waals surface area contributed by atoms with Crippen LogP contribution in [0.5, 0.6) is 5.75 Å². The fourth-order valence-electron chi connectivity index (χ4n) is 1.62. The lowest BCUT2D eigenvalue weighted by molar-refractivity contribution is -0.117. The second-order valence-electron chi connectivity index (χ2n) is 4.70. The third kappa shape index (κ3) is 3.30. The monoisotopic (exact) mass is 287 g/mol. The lowest BCUT2D eigenvalue weighted by atomic mass is 10.3. The average Bonchev–Trinajstić information content (AvgIpc) is 2.90. The van der Waals surface area contributed by atoms with Crippen molar-refractivity contribution in [1.29, 1.82) is 0 Å². The maximum absolute atomic E-state index is 11.7. The summed E-state index contributed by atoms with van der Waals surface area (Å²) in [6, 6.07) is 7.22. The molecule has 0 bridgehead atoms. The number of carbonyl (C=O) groups excluding carboxylic acids is 1. The van der Waals surface area contributed by atoms with Crippen molar-refractivity contribution in [1.82, 2.24) is 0 Å². The topological polar surface area (TPSA) is 38.3 Å². The molecule has 0 aliphatic heterocycles. The number of hydrogen-bond donors (Lipinski definition) is 1. The summed E-state index contributed by atoms with van der Waals surface area (Å²) in [7, 11) is 0. The van der Waals surface area contributed by atoms with Crippen molar-refractivity contribution < 1.29 is 9.53 Å². The molecule has 1 fully saturated rings. The van der Waals surface area contributed by atoms with Gasteiger partial charge in [0, 0.05) is 5.69 Å². The molecule has 1 aromatic carbocycles. The van der Waals surface area contributed by atoms with Crippen LogP contribution in [0.4, 0.5) is 5.69 Å². The minimum absolute atomic E-state index is 0.130. The van der Waals surface area contributed by atoms with Crippen LogP contribution in [0.25, 0.3) is 0 Å². The third-order valence-corrected chi connectivity index (χ3v) is 3.47. The predicted molar refractivity (Wildman–Crippen MR) is 73.4 cm³/mol. The van der Waals surface area contributed by atoms with Gasteiger partial charge in [0.15, 0.2) is 0 Å². The number of benzene rings is 1. The summed E-state index contributed by atoms with van der Waals surface area (Å²) in [6.45, 7) is 3.92. The smallest absolute Gasteiger partial charge is 0.230 e. The van der Waals surface area contributed by atoms with Gasteiger partial charge in [-0.15, -0.1) is 23.2 Å². The second-order valence-corrected chi connectivity index (χ2v) is 6.24. The van der Waals surface area contributed by atoms with E-state index < -0.39 is 4.33 Å². The first-order chi connectivity index (χ1) is 8.38. The van der Waals surface area contributed by atoms with E-state index in [1.807, 2.05) is 26.0 Å². The SMILES string of the molecule is CC(C)Oc1ccc(NC(=O)C2CC2(Cl)Cl)cc1. The van der Waals surface area contributed by atoms with Gasteiger partial charge in [-0.25, -0.2) is 0 Å². The molecule has 0 aromatic heterocycles. The van der Waals surface area contributed by atoms with Crippen molar-refractivity contribution in [3.05, 3.63) is 24.3 Å². The van der Waals surface area contributed by atoms with Crippen LogP contribution in [0.3, 0.4) is 0 Å². The minimum Gasteiger partial charge on any atom is -0.491 e. The molecule has 0 spiro atoms. The molecule has 1 aliphatic carbocycles. The van der Waals surface area contributed by atoms with Crippen molar-refractivity contribution in [2.45, 2.75) is 30.7 Å². The Morgan fingerprint density at radius 2 is 1.94 bits per heavy atom. The number of rotatable bonds is 4. The quantitative estimate of drug-likeness (QED) is 0.860. The van der Waals surface area contributed by atoms with Crippen LogP contribution in [-0.2, 0) is 4.79 Å². The van der Waals surface area contributed by atoms with Crippen molar-refractivity contribution in [3.63, 3.8) is 0 Å². The molecular weight excluding hydrogens is 273 g/mol. The Balaban J connectivity index is 1.92. The first-order valence-corrected chi connectivity index (χ1v) is 6.59. The maximum Gasteiger partial charge on any atom is 0.230 e. The molecule has 0 heterocycles. The Morgan fingerprint density at radius 1 is 1.39 bits per heavy atom. The van der Waals surface area contributed by atoms with Crippen molar-refractivity contribution >= 4 is 34.8 Å². The molecule has 1 amide bonds. The van der Waals surface area contributed by atoms with Crippen molar-refractivity contribution in [2.75, 3.05) is 5.32 Å². The normalized spacial score (nSPS) is 20.6. The zero-order valence-electron chi connectivity index (χ0n) is 10.2. The van der Waals surface area contributed by atoms with Gasteiger partial charge in [0.25, 0.3) is 0 Å². The van der Waals surface area contributed by atoms with Crippen LogP contribution in [-0.4, -0.2) is 16.3 Å². The van der Waals surface area contributed by atoms with E-state index in [1.54, 1.807) is 12.1 Å². The third-order valence-electron chi connectivity index (χ3n) is 2.64. The number of hydrogen-bond acceptors (Lipinski definition) is 2. The standard InChI is InChI=1S/C13H15Cl2NO2/c1-8(2)18-10-5-3-9(4-6-10)16-12(17)11-7-13(11,14)15/h3-6,8,11H,7H2,1-2H3,(H,16,17). The lowest BCUT2D eigenvalue weighted by Crippen LogP contribution is -2.16. The van der Waals surface area contributed by atoms with Gasteiger partial charge in [0.05, 0.1) is 12.0 Å². The fourth-order valence-corrected chi connectivity index (χ4v) is 2.12. The molecule has 2 rings (SSSR count). The molecule has 0 radical (unpaired) electrons. The van der Waals surface area contributed by atoms with E-state index in [0.29, 0.717) is 12.1 Å². The lowest BCUT2D eigenvalue weighted by Gasteiger charge is -2.10. The summed E-state index contributed by atoms with van der Waals surface area (Å²) in [4.78, 5) is 11.7. The Kier molecular flexibility index (Phi) is 3.74. The largest absolute Gasteiger partial charge is 0.491 e. The summed E-state index contributed by atoms with van der Waals surface area (Å²) < 4.78 is 4.63. The summed E-state index contributed by atoms with van der Waals surface area (Å²) >= 11 is 11.7. The number of nitrogens with one attached hydrogen (secondary N) is 1. The summed E-state index contributed by atoms with van der Waals surface area (Å²) in [5, 5.41) is 2.78. The van der Waals surface area contributed by atoms with Crippen LogP contribution in [0, 0.1) is 5.92 Å². The molecule has 1 atom stereocenters. The highest BCUT2D eigenvalue weighted by Crippen LogP contribution is 2.53. The minimum atomic E-state index is -0.884. The first-order valence-electron chi connectivity index (χ1n) is 5.84. The highest BCUT2D eigenvalue weighted by Gasteiger charge is 2.56. The van der Waals surface area contributed by atoms with Gasteiger partial charge < -0.3 is 10.1 Å². The van der Waals surface area contributed by atoms with Gasteiger partial charge in [-0.1, -0.05) is 0 Å². The number of carbonyl (C=O) groups is 1. The van der Waals surface area contributed by atoms with E-state index in [2.05, 4.69) is 5.32 Å². The van der Waals surface area contributed by atoms with E-state index >= 15 is 0 Å². The Morgan fingerprint density at radius 3 is 2.39 bits per heavy atom. The Hall–Kier alpha value is -0.930. The molecule has 1 N–H and O–H groups in total. The van der Waals surface area contributed by atoms with E-state index in [1.165, 1.54) is 0 Å². The first kappa shape index (κ1) is 13.5. The van der Waals surface area contributed by atoms with Crippen LogP contribution in [0.2, 0.25) is 0 Å². The van der Waals surface area contributed by atoms with Gasteiger partial charge in [0.2, 0.25) is 5.91 Å². The Labute approximate surface area is 116 Å². The van der Waals surface area contributed by atoms with Crippen LogP contribution >= 0.6 is 23.2 Å². The number of anilines is 1. The van der Waals surface area contributed by atoms with Crippen LogP contribution in [0.1, 0.15) is 20.3 Å². The van der Waals surface area contributed by atoms with E-state index in [-0.39, 0.29) is 17.9 Å². The fraction of sp³-hybridized carbons (Fsp3) is 0.462. The van der Waals surface area contributed by atoms with E-state index in [9.17, 15) is 4.79 Å². The number of amides is 1. The number of halogens is 2. The zero-order chi connectivity index (χ0) is 13.3. The van der Waals surface area contributed by atoms with Gasteiger partial charge in [0.1, 0.15) is 10.1 Å². The van der Waals surface area contributed by atoms with Gasteiger partial charge >= 0.3 is 0 Å². The number of alkyl halides is 2. The number of ether oxygens (including phenoxy) is 1. The average molecular weight is 288 g/mol. The van der Waals surface area contributed by atoms with Gasteiger partial charge in [-0.3, -0.25) is 4.79 Å². The molecular formula is C13H15Cl2NO2. The molecule has 18 heavy (non-hydrogen) atoms. The van der Waals surface area contributed by atoms with Crippen LogP contribution in [0.15, 0.2) is 24.3 Å². The zero-order valence-corrected chi connectivity index (χ0v) is 11.8. The van der Waals surface area contributed by atoms with E-state index in [4.69, 9.17) is 27.9 Å². The molecule has 5 heteroatoms. The predicted octanol–water partition coefficient (Wildman–Crippen LogP) is 3.61. The molecule has 1 saturated carbocycles.